The van der Waals surface area contributed by atoms with Gasteiger partial charge in [0.05, 0.1) is 5.69 Å². The van der Waals surface area contributed by atoms with Gasteiger partial charge in [-0.3, -0.25) is 0 Å². The highest BCUT2D eigenvalue weighted by Crippen LogP contribution is 2.23. The van der Waals surface area contributed by atoms with Gasteiger partial charge in [-0.15, -0.1) is 0 Å². The van der Waals surface area contributed by atoms with E-state index in [-0.39, 0.29) is 5.82 Å². The van der Waals surface area contributed by atoms with Crippen LogP contribution in [0.4, 0.5) is 21.8 Å². The van der Waals surface area contributed by atoms with Crippen molar-refractivity contribution in [3.63, 3.8) is 0 Å². The van der Waals surface area contributed by atoms with E-state index in [4.69, 9.17) is 0 Å². The summed E-state index contributed by atoms with van der Waals surface area (Å²) < 4.78 is 13.1. The summed E-state index contributed by atoms with van der Waals surface area (Å²) in [6.07, 6.45) is 0.993. The molecule has 1 aromatic heterocycles. The zero-order valence-corrected chi connectivity index (χ0v) is 15.6. The normalized spacial score (nSPS) is 10.8. The van der Waals surface area contributed by atoms with E-state index in [9.17, 15) is 4.39 Å². The van der Waals surface area contributed by atoms with Crippen LogP contribution in [0.5, 0.6) is 0 Å². The largest absolute Gasteiger partial charge is 0.354 e. The summed E-state index contributed by atoms with van der Waals surface area (Å²) in [5, 5.41) is 6.52. The minimum Gasteiger partial charge on any atom is -0.354 e. The standard InChI is InChI=1S/C21H24FN5/c1-27(2)14-6-13-23-21-25-19(16-7-4-3-5-8-16)15-20(26-21)24-18-11-9-17(22)10-12-18/h3-5,7-12,15H,6,13-14H2,1-2H3,(H2,23,24,25,26). The molecule has 140 valence electrons. The third-order valence-corrected chi connectivity index (χ3v) is 3.98. The maximum atomic E-state index is 13.1. The number of rotatable bonds is 8. The molecule has 2 aromatic carbocycles. The fraction of sp³-hybridized carbons (Fsp3) is 0.238. The monoisotopic (exact) mass is 365 g/mol. The maximum Gasteiger partial charge on any atom is 0.225 e. The number of anilines is 3. The molecule has 0 atom stereocenters. The van der Waals surface area contributed by atoms with Gasteiger partial charge in [0.25, 0.3) is 0 Å². The molecule has 0 aliphatic rings. The van der Waals surface area contributed by atoms with Gasteiger partial charge in [0, 0.05) is 23.9 Å². The number of hydrogen-bond donors (Lipinski definition) is 2. The number of halogens is 1. The van der Waals surface area contributed by atoms with Crippen LogP contribution in [0.1, 0.15) is 6.42 Å². The van der Waals surface area contributed by atoms with E-state index in [2.05, 4.69) is 39.6 Å². The second kappa shape index (κ2) is 9.09. The number of benzene rings is 2. The average Bonchev–Trinajstić information content (AvgIpc) is 2.67. The maximum absolute atomic E-state index is 13.1. The third-order valence-electron chi connectivity index (χ3n) is 3.98. The molecule has 0 saturated heterocycles. The van der Waals surface area contributed by atoms with Gasteiger partial charge in [-0.1, -0.05) is 30.3 Å². The fourth-order valence-electron chi connectivity index (χ4n) is 2.62. The van der Waals surface area contributed by atoms with E-state index in [1.165, 1.54) is 12.1 Å². The van der Waals surface area contributed by atoms with Crippen molar-refractivity contribution in [3.8, 4) is 11.3 Å². The number of nitrogens with zero attached hydrogens (tertiary/aromatic N) is 3. The smallest absolute Gasteiger partial charge is 0.225 e. The average molecular weight is 365 g/mol. The lowest BCUT2D eigenvalue weighted by Gasteiger charge is -2.13. The van der Waals surface area contributed by atoms with Crippen molar-refractivity contribution in [2.45, 2.75) is 6.42 Å². The van der Waals surface area contributed by atoms with Gasteiger partial charge >= 0.3 is 0 Å². The van der Waals surface area contributed by atoms with Crippen molar-refractivity contribution in [3.05, 3.63) is 66.5 Å². The highest BCUT2D eigenvalue weighted by molar-refractivity contribution is 5.67. The van der Waals surface area contributed by atoms with Gasteiger partial charge < -0.3 is 15.5 Å². The Morgan fingerprint density at radius 1 is 0.963 bits per heavy atom. The summed E-state index contributed by atoms with van der Waals surface area (Å²) >= 11 is 0. The molecule has 0 spiro atoms. The molecule has 3 rings (SSSR count). The molecule has 5 nitrogen and oxygen atoms in total. The van der Waals surface area contributed by atoms with Crippen LogP contribution in [-0.4, -0.2) is 42.1 Å². The lowest BCUT2D eigenvalue weighted by molar-refractivity contribution is 0.405. The first kappa shape index (κ1) is 18.8. The molecule has 6 heteroatoms. The van der Waals surface area contributed by atoms with Crippen molar-refractivity contribution in [2.75, 3.05) is 37.8 Å². The van der Waals surface area contributed by atoms with Crippen LogP contribution < -0.4 is 10.6 Å². The Kier molecular flexibility index (Phi) is 6.33. The number of nitrogens with one attached hydrogen (secondary N) is 2. The summed E-state index contributed by atoms with van der Waals surface area (Å²) in [4.78, 5) is 11.3. The summed E-state index contributed by atoms with van der Waals surface area (Å²) in [6, 6.07) is 18.1. The molecule has 0 saturated carbocycles. The molecule has 0 radical (unpaired) electrons. The highest BCUT2D eigenvalue weighted by atomic mass is 19.1. The molecule has 1 heterocycles. The Morgan fingerprint density at radius 2 is 1.70 bits per heavy atom. The van der Waals surface area contributed by atoms with Crippen molar-refractivity contribution in [1.82, 2.24) is 14.9 Å². The molecule has 2 N–H and O–H groups in total. The summed E-state index contributed by atoms with van der Waals surface area (Å²) in [5.41, 5.74) is 2.61. The Labute approximate surface area is 159 Å². The van der Waals surface area contributed by atoms with E-state index < -0.39 is 0 Å². The molecule has 0 aliphatic carbocycles. The van der Waals surface area contributed by atoms with E-state index in [1.54, 1.807) is 12.1 Å². The van der Waals surface area contributed by atoms with Crippen LogP contribution in [0.2, 0.25) is 0 Å². The zero-order valence-electron chi connectivity index (χ0n) is 15.6. The Morgan fingerprint density at radius 3 is 2.41 bits per heavy atom. The van der Waals surface area contributed by atoms with E-state index >= 15 is 0 Å². The van der Waals surface area contributed by atoms with Crippen molar-refractivity contribution < 1.29 is 4.39 Å². The number of aromatic nitrogens is 2. The van der Waals surface area contributed by atoms with Gasteiger partial charge in [-0.05, 0) is 51.3 Å². The topological polar surface area (TPSA) is 53.1 Å². The van der Waals surface area contributed by atoms with Crippen LogP contribution in [0.15, 0.2) is 60.7 Å². The Hall–Kier alpha value is -2.99. The predicted octanol–water partition coefficient (Wildman–Crippen LogP) is 4.39. The quantitative estimate of drug-likeness (QED) is 0.580. The molecule has 3 aromatic rings. The van der Waals surface area contributed by atoms with Crippen molar-refractivity contribution in [1.29, 1.82) is 0 Å². The van der Waals surface area contributed by atoms with Gasteiger partial charge in [0.15, 0.2) is 0 Å². The Balaban J connectivity index is 1.82. The van der Waals surface area contributed by atoms with E-state index in [0.717, 1.165) is 36.5 Å². The third kappa shape index (κ3) is 5.76. The van der Waals surface area contributed by atoms with Crippen LogP contribution in [0.3, 0.4) is 0 Å². The van der Waals surface area contributed by atoms with Crippen LogP contribution in [-0.2, 0) is 0 Å². The summed E-state index contributed by atoms with van der Waals surface area (Å²) in [7, 11) is 4.11. The summed E-state index contributed by atoms with van der Waals surface area (Å²) in [6.45, 7) is 1.78. The first-order valence-electron chi connectivity index (χ1n) is 8.96. The van der Waals surface area contributed by atoms with Gasteiger partial charge in [-0.2, -0.15) is 4.98 Å². The molecule has 0 amide bonds. The van der Waals surface area contributed by atoms with Crippen LogP contribution in [0.25, 0.3) is 11.3 Å². The molecule has 0 unspecified atom stereocenters. The number of hydrogen-bond acceptors (Lipinski definition) is 5. The van der Waals surface area contributed by atoms with Gasteiger partial charge in [0.1, 0.15) is 11.6 Å². The molecule has 0 aliphatic heterocycles. The minimum absolute atomic E-state index is 0.267. The Bertz CT molecular complexity index is 850. The molecule has 27 heavy (non-hydrogen) atoms. The SMILES string of the molecule is CN(C)CCCNc1nc(Nc2ccc(F)cc2)cc(-c2ccccc2)n1. The zero-order chi connectivity index (χ0) is 19.1. The molecule has 0 fully saturated rings. The van der Waals surface area contributed by atoms with Gasteiger partial charge in [-0.25, -0.2) is 9.37 Å². The fourth-order valence-corrected chi connectivity index (χ4v) is 2.62. The van der Waals surface area contributed by atoms with Gasteiger partial charge in [0.2, 0.25) is 5.95 Å². The second-order valence-corrected chi connectivity index (χ2v) is 6.54. The second-order valence-electron chi connectivity index (χ2n) is 6.54. The van der Waals surface area contributed by atoms with Crippen molar-refractivity contribution in [2.24, 2.45) is 0 Å². The minimum atomic E-state index is -0.267. The summed E-state index contributed by atoms with van der Waals surface area (Å²) in [5.74, 6) is 0.960. The van der Waals surface area contributed by atoms with E-state index in [0.29, 0.717) is 11.8 Å². The highest BCUT2D eigenvalue weighted by Gasteiger charge is 2.07. The molecular formula is C21H24FN5. The van der Waals surface area contributed by atoms with Crippen LogP contribution >= 0.6 is 0 Å². The predicted molar refractivity (Wildman–Crippen MR) is 109 cm³/mol. The lowest BCUT2D eigenvalue weighted by atomic mass is 10.1. The first-order valence-corrected chi connectivity index (χ1v) is 8.96. The van der Waals surface area contributed by atoms with Crippen LogP contribution in [0, 0.1) is 5.82 Å². The molecular weight excluding hydrogens is 341 g/mol. The first-order chi connectivity index (χ1) is 13.1. The van der Waals surface area contributed by atoms with E-state index in [1.807, 2.05) is 36.4 Å². The lowest BCUT2D eigenvalue weighted by Crippen LogP contribution is -2.17. The molecule has 0 bridgehead atoms. The van der Waals surface area contributed by atoms with Crippen molar-refractivity contribution >= 4 is 17.5 Å².